The zero-order valence-corrected chi connectivity index (χ0v) is 6.72. The molecule has 0 aliphatic heterocycles. The molecule has 10 heavy (non-hydrogen) atoms. The lowest BCUT2D eigenvalue weighted by Gasteiger charge is -2.17. The van der Waals surface area contributed by atoms with Gasteiger partial charge in [0, 0.05) is 20.1 Å². The van der Waals surface area contributed by atoms with Gasteiger partial charge in [-0.05, 0) is 13.8 Å². The van der Waals surface area contributed by atoms with Gasteiger partial charge in [-0.25, -0.2) is 4.99 Å². The first-order valence-corrected chi connectivity index (χ1v) is 3.23. The molecule has 0 atom stereocenters. The SMILES string of the molecule is C=NC(=C)N(C)CCNC. The van der Waals surface area contributed by atoms with Crippen molar-refractivity contribution in [2.45, 2.75) is 0 Å². The molecule has 0 aromatic rings. The van der Waals surface area contributed by atoms with E-state index in [1.54, 1.807) is 0 Å². The maximum atomic E-state index is 3.69. The first-order chi connectivity index (χ1) is 4.72. The summed E-state index contributed by atoms with van der Waals surface area (Å²) in [7, 11) is 3.85. The maximum absolute atomic E-state index is 3.69. The summed E-state index contributed by atoms with van der Waals surface area (Å²) >= 11 is 0. The number of likely N-dealkylation sites (N-methyl/N-ethyl adjacent to an activating group) is 2. The van der Waals surface area contributed by atoms with E-state index in [9.17, 15) is 0 Å². The van der Waals surface area contributed by atoms with Crippen LogP contribution in [0.1, 0.15) is 0 Å². The highest BCUT2D eigenvalue weighted by atomic mass is 15.2. The molecule has 3 heteroatoms. The van der Waals surface area contributed by atoms with Gasteiger partial charge < -0.3 is 10.2 Å². The van der Waals surface area contributed by atoms with Crippen LogP contribution in [0.4, 0.5) is 0 Å². The quantitative estimate of drug-likeness (QED) is 0.558. The Labute approximate surface area is 62.4 Å². The fourth-order valence-corrected chi connectivity index (χ4v) is 0.529. The van der Waals surface area contributed by atoms with Crippen molar-refractivity contribution in [3.8, 4) is 0 Å². The highest BCUT2D eigenvalue weighted by Crippen LogP contribution is 1.95. The summed E-state index contributed by atoms with van der Waals surface area (Å²) in [5, 5.41) is 3.03. The summed E-state index contributed by atoms with van der Waals surface area (Å²) in [5.74, 6) is 0.718. The van der Waals surface area contributed by atoms with Gasteiger partial charge in [-0.2, -0.15) is 0 Å². The second kappa shape index (κ2) is 4.99. The normalized spacial score (nSPS) is 9.00. The molecule has 58 valence electrons. The monoisotopic (exact) mass is 141 g/mol. The van der Waals surface area contributed by atoms with E-state index >= 15 is 0 Å². The molecule has 3 nitrogen and oxygen atoms in total. The molecule has 0 saturated heterocycles. The largest absolute Gasteiger partial charge is 0.359 e. The van der Waals surface area contributed by atoms with Crippen LogP contribution in [0.15, 0.2) is 17.4 Å². The van der Waals surface area contributed by atoms with Gasteiger partial charge in [-0.1, -0.05) is 6.58 Å². The second-order valence-corrected chi connectivity index (χ2v) is 2.10. The molecule has 0 spiro atoms. The van der Waals surface area contributed by atoms with E-state index in [4.69, 9.17) is 0 Å². The van der Waals surface area contributed by atoms with E-state index in [-0.39, 0.29) is 0 Å². The molecule has 1 N–H and O–H groups in total. The van der Waals surface area contributed by atoms with Gasteiger partial charge in [0.2, 0.25) is 0 Å². The Morgan fingerprint density at radius 2 is 2.30 bits per heavy atom. The van der Waals surface area contributed by atoms with Gasteiger partial charge in [0.05, 0.1) is 0 Å². The first kappa shape index (κ1) is 9.17. The van der Waals surface area contributed by atoms with Crippen molar-refractivity contribution >= 4 is 6.72 Å². The van der Waals surface area contributed by atoms with Crippen molar-refractivity contribution < 1.29 is 0 Å². The lowest BCUT2D eigenvalue weighted by atomic mass is 10.5. The predicted molar refractivity (Wildman–Crippen MR) is 45.2 cm³/mol. The zero-order chi connectivity index (χ0) is 7.98. The summed E-state index contributed by atoms with van der Waals surface area (Å²) < 4.78 is 0. The number of nitrogens with zero attached hydrogens (tertiary/aromatic N) is 2. The van der Waals surface area contributed by atoms with Gasteiger partial charge in [0.15, 0.2) is 0 Å². The highest BCUT2D eigenvalue weighted by Gasteiger charge is 1.95. The standard InChI is InChI=1S/C7H15N3/c1-7(9-3)10(4)6-5-8-2/h8H,1,3,5-6H2,2,4H3. The Kier molecular flexibility index (Phi) is 4.58. The van der Waals surface area contributed by atoms with Crippen LogP contribution in [-0.2, 0) is 0 Å². The van der Waals surface area contributed by atoms with E-state index in [1.165, 1.54) is 0 Å². The maximum Gasteiger partial charge on any atom is 0.120 e. The lowest BCUT2D eigenvalue weighted by molar-refractivity contribution is 0.414. The van der Waals surface area contributed by atoms with Crippen molar-refractivity contribution in [3.63, 3.8) is 0 Å². The smallest absolute Gasteiger partial charge is 0.120 e. The molecule has 0 saturated carbocycles. The third kappa shape index (κ3) is 3.25. The number of hydrogen-bond donors (Lipinski definition) is 1. The third-order valence-electron chi connectivity index (χ3n) is 1.32. The number of nitrogens with one attached hydrogen (secondary N) is 1. The van der Waals surface area contributed by atoms with Crippen molar-refractivity contribution in [1.82, 2.24) is 10.2 Å². The van der Waals surface area contributed by atoms with Gasteiger partial charge >= 0.3 is 0 Å². The summed E-state index contributed by atoms with van der Waals surface area (Å²) in [6, 6.07) is 0. The second-order valence-electron chi connectivity index (χ2n) is 2.10. The first-order valence-electron chi connectivity index (χ1n) is 3.23. The van der Waals surface area contributed by atoms with Crippen molar-refractivity contribution in [2.75, 3.05) is 27.2 Å². The van der Waals surface area contributed by atoms with E-state index in [0.29, 0.717) is 0 Å². The molecular weight excluding hydrogens is 126 g/mol. The Bertz CT molecular complexity index is 120. The topological polar surface area (TPSA) is 27.6 Å². The Morgan fingerprint density at radius 1 is 1.70 bits per heavy atom. The van der Waals surface area contributed by atoms with E-state index in [1.807, 2.05) is 19.0 Å². The summed E-state index contributed by atoms with van der Waals surface area (Å²) in [6.45, 7) is 8.92. The number of rotatable bonds is 5. The molecule has 0 unspecified atom stereocenters. The van der Waals surface area contributed by atoms with E-state index in [0.717, 1.165) is 18.9 Å². The minimum Gasteiger partial charge on any atom is -0.359 e. The predicted octanol–water partition coefficient (Wildman–Crippen LogP) is 0.309. The molecule has 0 radical (unpaired) electrons. The molecule has 0 aliphatic carbocycles. The third-order valence-corrected chi connectivity index (χ3v) is 1.32. The highest BCUT2D eigenvalue weighted by molar-refractivity contribution is 5.27. The number of aliphatic imine (C=N–C) groups is 1. The van der Waals surface area contributed by atoms with Crippen LogP contribution < -0.4 is 5.32 Å². The zero-order valence-electron chi connectivity index (χ0n) is 6.72. The van der Waals surface area contributed by atoms with Crippen molar-refractivity contribution in [3.05, 3.63) is 12.4 Å². The van der Waals surface area contributed by atoms with Gasteiger partial charge in [0.1, 0.15) is 5.82 Å². The van der Waals surface area contributed by atoms with Crippen molar-refractivity contribution in [2.24, 2.45) is 4.99 Å². The number of hydrogen-bond acceptors (Lipinski definition) is 3. The van der Waals surface area contributed by atoms with Crippen LogP contribution in [0, 0.1) is 0 Å². The van der Waals surface area contributed by atoms with Crippen LogP contribution >= 0.6 is 0 Å². The molecule has 0 heterocycles. The average molecular weight is 141 g/mol. The fraction of sp³-hybridized carbons (Fsp3) is 0.571. The van der Waals surface area contributed by atoms with Crippen LogP contribution in [0.2, 0.25) is 0 Å². The molecular formula is C7H15N3. The van der Waals surface area contributed by atoms with Gasteiger partial charge in [0.25, 0.3) is 0 Å². The van der Waals surface area contributed by atoms with Crippen LogP contribution in [0.5, 0.6) is 0 Å². The fourth-order valence-electron chi connectivity index (χ4n) is 0.529. The minimum atomic E-state index is 0.718. The summed E-state index contributed by atoms with van der Waals surface area (Å²) in [5.41, 5.74) is 0. The Morgan fingerprint density at radius 3 is 2.70 bits per heavy atom. The molecule has 0 fully saturated rings. The molecule has 0 bridgehead atoms. The van der Waals surface area contributed by atoms with Crippen LogP contribution in [0.3, 0.4) is 0 Å². The summed E-state index contributed by atoms with van der Waals surface area (Å²) in [6.07, 6.45) is 0. The van der Waals surface area contributed by atoms with Gasteiger partial charge in [-0.3, -0.25) is 0 Å². The van der Waals surface area contributed by atoms with E-state index < -0.39 is 0 Å². The molecule has 0 aromatic carbocycles. The molecule has 0 amide bonds. The van der Waals surface area contributed by atoms with Crippen LogP contribution in [-0.4, -0.2) is 38.8 Å². The minimum absolute atomic E-state index is 0.718. The van der Waals surface area contributed by atoms with E-state index in [2.05, 4.69) is 23.6 Å². The molecule has 0 rings (SSSR count). The Balaban J connectivity index is 3.51. The average Bonchev–Trinajstić information content (AvgIpc) is 1.98. The molecule has 0 aliphatic rings. The Hall–Kier alpha value is -0.830. The van der Waals surface area contributed by atoms with Crippen LogP contribution in [0.25, 0.3) is 0 Å². The summed E-state index contributed by atoms with van der Waals surface area (Å²) in [4.78, 5) is 5.64. The molecule has 0 aromatic heterocycles. The van der Waals surface area contributed by atoms with Crippen molar-refractivity contribution in [1.29, 1.82) is 0 Å². The lowest BCUT2D eigenvalue weighted by Crippen LogP contribution is -2.25. The van der Waals surface area contributed by atoms with Gasteiger partial charge in [-0.15, -0.1) is 0 Å².